The van der Waals surface area contributed by atoms with Crippen molar-refractivity contribution in [3.63, 3.8) is 0 Å². The Morgan fingerprint density at radius 3 is 2.65 bits per heavy atom. The summed E-state index contributed by atoms with van der Waals surface area (Å²) in [5.74, 6) is 0.200. The second kappa shape index (κ2) is 8.03. The fourth-order valence-corrected chi connectivity index (χ4v) is 3.85. The Bertz CT molecular complexity index is 909. The van der Waals surface area contributed by atoms with Crippen LogP contribution < -0.4 is 4.74 Å². The second-order valence-corrected chi connectivity index (χ2v) is 7.59. The molecule has 26 heavy (non-hydrogen) atoms. The predicted octanol–water partition coefficient (Wildman–Crippen LogP) is 4.43. The molecule has 3 rings (SSSR count). The summed E-state index contributed by atoms with van der Waals surface area (Å²) in [5.41, 5.74) is 1.30. The summed E-state index contributed by atoms with van der Waals surface area (Å²) in [6.45, 7) is -0.0934. The third-order valence-electron chi connectivity index (χ3n) is 3.73. The zero-order chi connectivity index (χ0) is 18.7. The first-order valence-electron chi connectivity index (χ1n) is 7.66. The SMILES string of the molecule is COc1ccc(C(=O)CN2C(=O)/C(=C\c3cccc(Cl)c3)SC2=S)cc1. The number of amides is 1. The highest BCUT2D eigenvalue weighted by Crippen LogP contribution is 2.33. The Balaban J connectivity index is 1.75. The molecule has 2 aromatic rings. The van der Waals surface area contributed by atoms with Gasteiger partial charge in [0, 0.05) is 10.6 Å². The molecule has 1 aliphatic rings. The number of hydrogen-bond donors (Lipinski definition) is 0. The van der Waals surface area contributed by atoms with E-state index in [1.54, 1.807) is 49.6 Å². The minimum absolute atomic E-state index is 0.0934. The lowest BCUT2D eigenvalue weighted by molar-refractivity contribution is -0.121. The fourth-order valence-electron chi connectivity index (χ4n) is 2.40. The molecule has 0 unspecified atom stereocenters. The molecule has 4 nitrogen and oxygen atoms in total. The van der Waals surface area contributed by atoms with E-state index in [2.05, 4.69) is 0 Å². The minimum Gasteiger partial charge on any atom is -0.497 e. The van der Waals surface area contributed by atoms with E-state index in [1.807, 2.05) is 12.1 Å². The maximum atomic E-state index is 12.6. The van der Waals surface area contributed by atoms with Crippen LogP contribution in [-0.4, -0.2) is 34.6 Å². The highest BCUT2D eigenvalue weighted by Gasteiger charge is 2.33. The number of Topliss-reactive ketones (excluding diaryl/α,β-unsaturated/α-hetero) is 1. The molecule has 1 amide bonds. The number of carbonyl (C=O) groups excluding carboxylic acids is 2. The molecule has 0 saturated carbocycles. The number of hydrogen-bond acceptors (Lipinski definition) is 5. The molecule has 0 aromatic heterocycles. The topological polar surface area (TPSA) is 46.6 Å². The molecule has 0 bridgehead atoms. The largest absolute Gasteiger partial charge is 0.497 e. The van der Waals surface area contributed by atoms with E-state index in [1.165, 1.54) is 16.7 Å². The van der Waals surface area contributed by atoms with E-state index in [0.29, 0.717) is 25.6 Å². The van der Waals surface area contributed by atoms with Gasteiger partial charge in [-0.05, 0) is 48.0 Å². The van der Waals surface area contributed by atoms with Crippen LogP contribution in [0.5, 0.6) is 5.75 Å². The molecule has 0 spiro atoms. The normalized spacial score (nSPS) is 15.6. The number of ketones is 1. The van der Waals surface area contributed by atoms with Gasteiger partial charge in [0.2, 0.25) is 0 Å². The number of thiocarbonyl (C=S) groups is 1. The van der Waals surface area contributed by atoms with Crippen molar-refractivity contribution < 1.29 is 14.3 Å². The fraction of sp³-hybridized carbons (Fsp3) is 0.105. The van der Waals surface area contributed by atoms with Gasteiger partial charge in [0.05, 0.1) is 18.6 Å². The Labute approximate surface area is 165 Å². The van der Waals surface area contributed by atoms with Crippen LogP contribution in [0.3, 0.4) is 0 Å². The lowest BCUT2D eigenvalue weighted by Gasteiger charge is -2.13. The van der Waals surface area contributed by atoms with Crippen molar-refractivity contribution in [2.75, 3.05) is 13.7 Å². The lowest BCUT2D eigenvalue weighted by atomic mass is 10.1. The number of methoxy groups -OCH3 is 1. The van der Waals surface area contributed by atoms with Crippen LogP contribution >= 0.6 is 35.6 Å². The average Bonchev–Trinajstić information content (AvgIpc) is 2.89. The Hall–Kier alpha value is -2.15. The Morgan fingerprint density at radius 2 is 2.00 bits per heavy atom. The van der Waals surface area contributed by atoms with Crippen LogP contribution in [0.15, 0.2) is 53.4 Å². The first-order chi connectivity index (χ1) is 12.5. The molecule has 1 fully saturated rings. The summed E-state index contributed by atoms with van der Waals surface area (Å²) in [6.07, 6.45) is 1.73. The highest BCUT2D eigenvalue weighted by atomic mass is 35.5. The van der Waals surface area contributed by atoms with Crippen molar-refractivity contribution >= 4 is 57.7 Å². The quantitative estimate of drug-likeness (QED) is 0.420. The number of rotatable bonds is 5. The average molecular weight is 404 g/mol. The van der Waals surface area contributed by atoms with Crippen molar-refractivity contribution in [1.29, 1.82) is 0 Å². The molecular weight excluding hydrogens is 390 g/mol. The van der Waals surface area contributed by atoms with Gasteiger partial charge >= 0.3 is 0 Å². The van der Waals surface area contributed by atoms with E-state index in [4.69, 9.17) is 28.6 Å². The van der Waals surface area contributed by atoms with Gasteiger partial charge in [-0.25, -0.2) is 0 Å². The molecule has 2 aromatic carbocycles. The molecule has 1 heterocycles. The van der Waals surface area contributed by atoms with E-state index < -0.39 is 0 Å². The van der Waals surface area contributed by atoms with Gasteiger partial charge < -0.3 is 4.74 Å². The molecule has 7 heteroatoms. The van der Waals surface area contributed by atoms with Crippen LogP contribution in [0.4, 0.5) is 0 Å². The van der Waals surface area contributed by atoms with Crippen LogP contribution in [0.1, 0.15) is 15.9 Å². The maximum absolute atomic E-state index is 12.6. The molecule has 0 radical (unpaired) electrons. The van der Waals surface area contributed by atoms with Gasteiger partial charge in [-0.2, -0.15) is 0 Å². The Morgan fingerprint density at radius 1 is 1.27 bits per heavy atom. The van der Waals surface area contributed by atoms with Crippen molar-refractivity contribution in [1.82, 2.24) is 4.90 Å². The molecule has 1 aliphatic heterocycles. The summed E-state index contributed by atoms with van der Waals surface area (Å²) < 4.78 is 5.44. The van der Waals surface area contributed by atoms with Crippen molar-refractivity contribution in [2.24, 2.45) is 0 Å². The zero-order valence-corrected chi connectivity index (χ0v) is 16.2. The lowest BCUT2D eigenvalue weighted by Crippen LogP contribution is -2.33. The molecular formula is C19H14ClNO3S2. The standard InChI is InChI=1S/C19H14ClNO3S2/c1-24-15-7-5-13(6-8-15)16(22)11-21-18(23)17(26-19(21)25)10-12-3-2-4-14(20)9-12/h2-10H,11H2,1H3/b17-10+. The number of benzene rings is 2. The Kier molecular flexibility index (Phi) is 5.76. The van der Waals surface area contributed by atoms with E-state index in [-0.39, 0.29) is 18.2 Å². The summed E-state index contributed by atoms with van der Waals surface area (Å²) in [7, 11) is 1.56. The summed E-state index contributed by atoms with van der Waals surface area (Å²) in [5, 5.41) is 0.587. The van der Waals surface area contributed by atoms with Crippen LogP contribution in [0.25, 0.3) is 6.08 Å². The molecule has 0 N–H and O–H groups in total. The number of carbonyl (C=O) groups is 2. The van der Waals surface area contributed by atoms with Gasteiger partial charge in [-0.3, -0.25) is 14.5 Å². The van der Waals surface area contributed by atoms with Gasteiger partial charge in [-0.15, -0.1) is 0 Å². The summed E-state index contributed by atoms with van der Waals surface area (Å²) in [6, 6.07) is 13.9. The van der Waals surface area contributed by atoms with E-state index >= 15 is 0 Å². The van der Waals surface area contributed by atoms with E-state index in [9.17, 15) is 9.59 Å². The van der Waals surface area contributed by atoms with Crippen LogP contribution in [-0.2, 0) is 4.79 Å². The summed E-state index contributed by atoms with van der Waals surface area (Å²) in [4.78, 5) is 26.9. The molecule has 0 aliphatic carbocycles. The monoisotopic (exact) mass is 403 g/mol. The van der Waals surface area contributed by atoms with Gasteiger partial charge in [-0.1, -0.05) is 47.7 Å². The maximum Gasteiger partial charge on any atom is 0.266 e. The number of ether oxygens (including phenoxy) is 1. The molecule has 0 atom stereocenters. The minimum atomic E-state index is -0.276. The van der Waals surface area contributed by atoms with Crippen LogP contribution in [0, 0.1) is 0 Å². The van der Waals surface area contributed by atoms with Gasteiger partial charge in [0.15, 0.2) is 5.78 Å². The van der Waals surface area contributed by atoms with Crippen molar-refractivity contribution in [3.05, 3.63) is 69.6 Å². The second-order valence-electron chi connectivity index (χ2n) is 5.47. The molecule has 132 valence electrons. The van der Waals surface area contributed by atoms with Crippen LogP contribution in [0.2, 0.25) is 5.02 Å². The molecule has 1 saturated heterocycles. The zero-order valence-electron chi connectivity index (χ0n) is 13.8. The van der Waals surface area contributed by atoms with E-state index in [0.717, 1.165) is 5.56 Å². The third kappa shape index (κ3) is 4.15. The predicted molar refractivity (Wildman–Crippen MR) is 109 cm³/mol. The number of halogens is 1. The third-order valence-corrected chi connectivity index (χ3v) is 5.35. The van der Waals surface area contributed by atoms with Crippen molar-refractivity contribution in [2.45, 2.75) is 0 Å². The number of nitrogens with zero attached hydrogens (tertiary/aromatic N) is 1. The first kappa shape index (κ1) is 18.6. The van der Waals surface area contributed by atoms with Crippen molar-refractivity contribution in [3.8, 4) is 5.75 Å². The van der Waals surface area contributed by atoms with Gasteiger partial charge in [0.25, 0.3) is 5.91 Å². The highest BCUT2D eigenvalue weighted by molar-refractivity contribution is 8.26. The first-order valence-corrected chi connectivity index (χ1v) is 9.26. The van der Waals surface area contributed by atoms with Gasteiger partial charge in [0.1, 0.15) is 10.1 Å². The smallest absolute Gasteiger partial charge is 0.266 e. The summed E-state index contributed by atoms with van der Waals surface area (Å²) >= 11 is 12.4. The number of thioether (sulfide) groups is 1.